The third-order valence-corrected chi connectivity index (χ3v) is 8.38. The van der Waals surface area contributed by atoms with Crippen molar-refractivity contribution >= 4 is 0 Å². The minimum absolute atomic E-state index is 0. The van der Waals surface area contributed by atoms with Gasteiger partial charge in [-0.1, -0.05) is 20.8 Å². The maximum absolute atomic E-state index is 10.00. The smallest absolute Gasteiger partial charge is 0.224 e. The second-order valence-electron chi connectivity index (χ2n) is 13.9. The summed E-state index contributed by atoms with van der Waals surface area (Å²) in [6.07, 6.45) is -14.5. The van der Waals surface area contributed by atoms with Crippen molar-refractivity contribution in [1.29, 1.82) is 0 Å². The van der Waals surface area contributed by atoms with Gasteiger partial charge in [-0.2, -0.15) is 0 Å². The zero-order chi connectivity index (χ0) is 36.7. The molecule has 0 saturated carbocycles. The molecular weight excluding hydrogens is 684 g/mol. The Bertz CT molecular complexity index is 899. The largest absolute Gasteiger partial charge is 0.412 e. The minimum atomic E-state index is -2.22. The van der Waals surface area contributed by atoms with Crippen LogP contribution >= 0.6 is 0 Å². The van der Waals surface area contributed by atoms with Gasteiger partial charge in [0.1, 0.15) is 73.2 Å². The fourth-order valence-electron chi connectivity index (χ4n) is 5.14. The quantitative estimate of drug-likeness (QED) is 0.0986. The number of ether oxygens (including phenoxy) is 4. The molecule has 0 bridgehead atoms. The average Bonchev–Trinajstić information content (AvgIpc) is 3.41. The van der Waals surface area contributed by atoms with E-state index in [-0.39, 0.29) is 22.5 Å². The zero-order valence-corrected chi connectivity index (χ0v) is 29.3. The second kappa shape index (κ2) is 21.8. The van der Waals surface area contributed by atoms with Crippen LogP contribution in [0, 0.1) is 5.41 Å². The van der Waals surface area contributed by atoms with Gasteiger partial charge in [0.15, 0.2) is 6.29 Å². The third-order valence-electron chi connectivity index (χ3n) is 8.38. The van der Waals surface area contributed by atoms with E-state index in [1.807, 2.05) is 6.92 Å². The number of aliphatic hydroxyl groups is 14. The highest BCUT2D eigenvalue weighted by atomic mass is 16.8. The summed E-state index contributed by atoms with van der Waals surface area (Å²) < 4.78 is 20.6. The van der Waals surface area contributed by atoms with Gasteiger partial charge in [-0.05, 0) is 39.0 Å². The maximum Gasteiger partial charge on any atom is 0.224 e. The molecule has 3 aliphatic heterocycles. The van der Waals surface area contributed by atoms with Crippen LogP contribution in [0.25, 0.3) is 0 Å². The van der Waals surface area contributed by atoms with Crippen LogP contribution in [0.1, 0.15) is 54.4 Å². The van der Waals surface area contributed by atoms with Crippen LogP contribution in [0.4, 0.5) is 0 Å². The predicted molar refractivity (Wildman–Crippen MR) is 170 cm³/mol. The summed E-state index contributed by atoms with van der Waals surface area (Å²) in [6, 6.07) is 0. The molecule has 3 heterocycles. The molecule has 0 aromatic rings. The zero-order valence-electron chi connectivity index (χ0n) is 29.3. The first-order chi connectivity index (χ1) is 21.5. The number of hydrogen-bond donors (Lipinski definition) is 14. The van der Waals surface area contributed by atoms with E-state index in [4.69, 9.17) is 39.4 Å². The van der Waals surface area contributed by atoms with Crippen LogP contribution in [0.5, 0.6) is 0 Å². The molecule has 3 fully saturated rings. The Kier molecular flexibility index (Phi) is 23.3. The molecule has 0 spiro atoms. The van der Waals surface area contributed by atoms with Gasteiger partial charge in [-0.3, -0.25) is 0 Å². The Morgan fingerprint density at radius 1 is 0.640 bits per heavy atom. The van der Waals surface area contributed by atoms with Gasteiger partial charge >= 0.3 is 0 Å². The number of hydrogen-bond acceptors (Lipinski definition) is 18. The normalized spacial score (nSPS) is 39.0. The lowest BCUT2D eigenvalue weighted by atomic mass is 9.81. The average molecular weight is 749 g/mol. The van der Waals surface area contributed by atoms with E-state index >= 15 is 0 Å². The molecule has 3 rings (SSSR count). The summed E-state index contributed by atoms with van der Waals surface area (Å²) in [7, 11) is 0. The Morgan fingerprint density at radius 3 is 1.40 bits per heavy atom. The van der Waals surface area contributed by atoms with E-state index < -0.39 is 117 Å². The van der Waals surface area contributed by atoms with Crippen LogP contribution in [0.3, 0.4) is 0 Å². The molecule has 3 aliphatic rings. The molecule has 0 aromatic heterocycles. The molecule has 4 unspecified atom stereocenters. The van der Waals surface area contributed by atoms with Crippen molar-refractivity contribution < 1.29 is 107 Å². The monoisotopic (exact) mass is 748 g/mol. The molecule has 0 aromatic carbocycles. The highest BCUT2D eigenvalue weighted by molar-refractivity contribution is 5.10. The summed E-state index contributed by atoms with van der Waals surface area (Å²) in [4.78, 5) is 0. The minimum Gasteiger partial charge on any atom is -0.412 e. The summed E-state index contributed by atoms with van der Waals surface area (Å²) in [5.41, 5.74) is -2.83. The SMILES string of the molecule is CC(C)(O)[C@]1(CO)O[C@H](CO)[C@H](O)C1O.C[C@H](O)CCC(C)(C)C.O.O.O.OCC1O[C@@H](O[C@]2(CO)O[C@H](CO)[C@H](O)C2O)C(O)[C@@H](O)[C@@H]1O. The van der Waals surface area contributed by atoms with Gasteiger partial charge in [0.25, 0.3) is 0 Å². The van der Waals surface area contributed by atoms with E-state index in [0.717, 1.165) is 12.8 Å². The topological polar surface area (TPSA) is 415 Å². The number of rotatable bonds is 10. The first-order valence-electron chi connectivity index (χ1n) is 15.4. The Morgan fingerprint density at radius 2 is 1.10 bits per heavy atom. The van der Waals surface area contributed by atoms with E-state index in [1.54, 1.807) is 0 Å². The molecule has 3 saturated heterocycles. The molecule has 20 N–H and O–H groups in total. The third kappa shape index (κ3) is 12.6. The first-order valence-corrected chi connectivity index (χ1v) is 15.4. The van der Waals surface area contributed by atoms with Gasteiger partial charge < -0.3 is 107 Å². The molecule has 21 heteroatoms. The highest BCUT2D eigenvalue weighted by Crippen LogP contribution is 2.39. The Hall–Kier alpha value is -0.840. The van der Waals surface area contributed by atoms with E-state index in [1.165, 1.54) is 13.8 Å². The lowest BCUT2D eigenvalue weighted by Gasteiger charge is -2.43. The van der Waals surface area contributed by atoms with Crippen LogP contribution in [-0.4, -0.2) is 211 Å². The number of aliphatic hydroxyl groups excluding tert-OH is 13. The van der Waals surface area contributed by atoms with Crippen molar-refractivity contribution in [2.24, 2.45) is 5.41 Å². The predicted octanol–water partition coefficient (Wildman–Crippen LogP) is -8.07. The lowest BCUT2D eigenvalue weighted by molar-refractivity contribution is -0.383. The summed E-state index contributed by atoms with van der Waals surface area (Å²) in [5, 5.41) is 133. The Balaban J connectivity index is -0.000000711. The molecule has 0 radical (unpaired) electrons. The van der Waals surface area contributed by atoms with Crippen LogP contribution in [-0.2, 0) is 18.9 Å². The van der Waals surface area contributed by atoms with Crippen molar-refractivity contribution in [3.05, 3.63) is 0 Å². The molecular formula is C29H64O21. The fraction of sp³-hybridized carbons (Fsp3) is 1.00. The van der Waals surface area contributed by atoms with Crippen LogP contribution in [0.2, 0.25) is 0 Å². The summed E-state index contributed by atoms with van der Waals surface area (Å²) >= 11 is 0. The highest BCUT2D eigenvalue weighted by Gasteiger charge is 2.61. The van der Waals surface area contributed by atoms with E-state index in [2.05, 4.69) is 20.8 Å². The maximum atomic E-state index is 10.00. The molecule has 0 amide bonds. The van der Waals surface area contributed by atoms with Gasteiger partial charge in [0, 0.05) is 0 Å². The molecule has 306 valence electrons. The molecule has 21 nitrogen and oxygen atoms in total. The molecule has 14 atom stereocenters. The van der Waals surface area contributed by atoms with Crippen molar-refractivity contribution in [1.82, 2.24) is 0 Å². The van der Waals surface area contributed by atoms with Crippen molar-refractivity contribution in [2.75, 3.05) is 33.0 Å². The van der Waals surface area contributed by atoms with Crippen molar-refractivity contribution in [2.45, 2.75) is 145 Å². The molecule has 50 heavy (non-hydrogen) atoms. The molecule has 0 aliphatic carbocycles. The summed E-state index contributed by atoms with van der Waals surface area (Å²) in [5.74, 6) is -2.22. The van der Waals surface area contributed by atoms with Gasteiger partial charge in [-0.15, -0.1) is 0 Å². The fourth-order valence-corrected chi connectivity index (χ4v) is 5.14. The van der Waals surface area contributed by atoms with Gasteiger partial charge in [0.2, 0.25) is 5.79 Å². The lowest BCUT2D eigenvalue weighted by Crippen LogP contribution is -2.62. The summed E-state index contributed by atoms with van der Waals surface area (Å²) in [6.45, 7) is 7.67. The van der Waals surface area contributed by atoms with E-state index in [0.29, 0.717) is 5.41 Å². The van der Waals surface area contributed by atoms with Crippen molar-refractivity contribution in [3.63, 3.8) is 0 Å². The van der Waals surface area contributed by atoms with Crippen LogP contribution < -0.4 is 0 Å². The Labute approximate surface area is 290 Å². The second-order valence-corrected chi connectivity index (χ2v) is 13.9. The van der Waals surface area contributed by atoms with Crippen molar-refractivity contribution in [3.8, 4) is 0 Å². The van der Waals surface area contributed by atoms with Crippen LogP contribution in [0.15, 0.2) is 0 Å². The van der Waals surface area contributed by atoms with Gasteiger partial charge in [-0.25, -0.2) is 0 Å². The van der Waals surface area contributed by atoms with Gasteiger partial charge in [0.05, 0.1) is 38.1 Å². The van der Waals surface area contributed by atoms with E-state index in [9.17, 15) is 51.1 Å². The standard InChI is InChI=1S/C12H22O11.C9H18O6.C8H18O.3H2O/c13-1-4-6(16)8(18)9(19)11(21-4)23-12(3-15)10(20)7(17)5(2-14)22-12;1-8(2,14)9(4-11)7(13)6(12)5(3-10)15-9;1-7(9)5-6-8(2,3)4;;;/h4-11,13-20H,1-3H2;5-7,10-14H,3-4H2,1-2H3;7,9H,5-6H2,1-4H3;3*1H2/t4?,5-,6-,7+,8+,9?,10?,11+,12+;5-,6+,7?,9-;7-;;;/m110.../s1. The first kappa shape index (κ1) is 53.5.